The molecule has 1 aliphatic heterocycles. The lowest BCUT2D eigenvalue weighted by molar-refractivity contribution is -0.386. The molecule has 1 fully saturated rings. The maximum Gasteiger partial charge on any atom is 0.312 e. The summed E-state index contributed by atoms with van der Waals surface area (Å²) < 4.78 is 1.64. The van der Waals surface area contributed by atoms with Crippen LogP contribution in [0, 0.1) is 29.9 Å². The molecule has 0 N–H and O–H groups in total. The molecule has 2 aromatic heterocycles. The van der Waals surface area contributed by atoms with E-state index in [0.717, 1.165) is 37.9 Å². The number of nitro groups is 1. The number of thiophene rings is 1. The lowest BCUT2D eigenvalue weighted by Gasteiger charge is -2.31. The van der Waals surface area contributed by atoms with E-state index in [0.29, 0.717) is 28.7 Å². The highest BCUT2D eigenvalue weighted by atomic mass is 32.1. The molecule has 0 spiro atoms. The Bertz CT molecular complexity index is 1080. The van der Waals surface area contributed by atoms with Crippen molar-refractivity contribution in [1.82, 2.24) is 14.7 Å². The van der Waals surface area contributed by atoms with Gasteiger partial charge in [-0.25, -0.2) is 0 Å². The third-order valence-electron chi connectivity index (χ3n) is 5.99. The van der Waals surface area contributed by atoms with Crippen molar-refractivity contribution in [1.29, 1.82) is 0 Å². The van der Waals surface area contributed by atoms with Crippen LogP contribution in [-0.4, -0.2) is 38.6 Å². The van der Waals surface area contributed by atoms with Gasteiger partial charge in [0.2, 0.25) is 0 Å². The minimum absolute atomic E-state index is 0.0601. The third kappa shape index (κ3) is 4.69. The molecule has 1 aliphatic rings. The van der Waals surface area contributed by atoms with E-state index >= 15 is 0 Å². The molecule has 3 heterocycles. The molecule has 1 saturated heterocycles. The molecule has 7 nitrogen and oxygen atoms in total. The van der Waals surface area contributed by atoms with Gasteiger partial charge >= 0.3 is 5.69 Å². The van der Waals surface area contributed by atoms with Crippen molar-refractivity contribution < 1.29 is 9.72 Å². The number of hydrogen-bond donors (Lipinski definition) is 0. The summed E-state index contributed by atoms with van der Waals surface area (Å²) in [5.41, 5.74) is 3.30. The normalized spacial score (nSPS) is 14.7. The molecule has 0 bridgehead atoms. The van der Waals surface area contributed by atoms with Crippen LogP contribution < -0.4 is 0 Å². The van der Waals surface area contributed by atoms with E-state index in [9.17, 15) is 14.9 Å². The highest BCUT2D eigenvalue weighted by Crippen LogP contribution is 2.26. The minimum Gasteiger partial charge on any atom is -0.338 e. The Morgan fingerprint density at radius 3 is 2.55 bits per heavy atom. The van der Waals surface area contributed by atoms with E-state index in [1.807, 2.05) is 22.4 Å². The smallest absolute Gasteiger partial charge is 0.312 e. The molecule has 0 radical (unpaired) electrons. The van der Waals surface area contributed by atoms with Crippen molar-refractivity contribution in [3.8, 4) is 0 Å². The van der Waals surface area contributed by atoms with Crippen LogP contribution in [0.4, 0.5) is 5.69 Å². The number of carbonyl (C=O) groups is 1. The van der Waals surface area contributed by atoms with E-state index in [4.69, 9.17) is 0 Å². The van der Waals surface area contributed by atoms with Gasteiger partial charge < -0.3 is 4.90 Å². The zero-order valence-corrected chi connectivity index (χ0v) is 18.6. The summed E-state index contributed by atoms with van der Waals surface area (Å²) in [5, 5.41) is 17.4. The van der Waals surface area contributed by atoms with Gasteiger partial charge in [0.15, 0.2) is 0 Å². The molecule has 0 aliphatic carbocycles. The average molecular weight is 439 g/mol. The number of rotatable bonds is 6. The number of hydrogen-bond acceptors (Lipinski definition) is 5. The van der Waals surface area contributed by atoms with Crippen LogP contribution >= 0.6 is 11.3 Å². The van der Waals surface area contributed by atoms with E-state index in [1.165, 1.54) is 16.9 Å². The summed E-state index contributed by atoms with van der Waals surface area (Å²) in [4.78, 5) is 26.5. The first-order chi connectivity index (χ1) is 14.9. The average Bonchev–Trinajstić information content (AvgIpc) is 3.33. The van der Waals surface area contributed by atoms with E-state index in [2.05, 4.69) is 29.4 Å². The first-order valence-corrected chi connectivity index (χ1v) is 11.4. The van der Waals surface area contributed by atoms with Crippen LogP contribution in [-0.2, 0) is 13.0 Å². The molecule has 31 heavy (non-hydrogen) atoms. The maximum absolute atomic E-state index is 13.0. The topological polar surface area (TPSA) is 81.3 Å². The standard InChI is InChI=1S/C23H26N4O3S/c1-16-22(27(29)30)17(2)26(24-16)14-20-13-21(31-15-20)23(28)25-10-8-19(9-11-25)12-18-6-4-3-5-7-18/h3-7,13,15,19H,8-12,14H2,1-2H3. The fourth-order valence-electron chi connectivity index (χ4n) is 4.29. The summed E-state index contributed by atoms with van der Waals surface area (Å²) in [6, 6.07) is 12.4. The fraction of sp³-hybridized carbons (Fsp3) is 0.391. The number of aromatic nitrogens is 2. The second-order valence-electron chi connectivity index (χ2n) is 8.18. The molecule has 4 rings (SSSR count). The van der Waals surface area contributed by atoms with Crippen LogP contribution in [0.5, 0.6) is 0 Å². The molecular weight excluding hydrogens is 412 g/mol. The van der Waals surface area contributed by atoms with Gasteiger partial charge in [0.25, 0.3) is 5.91 Å². The van der Waals surface area contributed by atoms with Crippen molar-refractivity contribution in [2.75, 3.05) is 13.1 Å². The van der Waals surface area contributed by atoms with Gasteiger partial charge in [-0.15, -0.1) is 11.3 Å². The largest absolute Gasteiger partial charge is 0.338 e. The monoisotopic (exact) mass is 438 g/mol. The number of carbonyl (C=O) groups excluding carboxylic acids is 1. The van der Waals surface area contributed by atoms with Gasteiger partial charge in [-0.05, 0) is 61.6 Å². The number of nitrogens with zero attached hydrogens (tertiary/aromatic N) is 4. The number of aryl methyl sites for hydroxylation is 1. The van der Waals surface area contributed by atoms with Gasteiger partial charge in [0, 0.05) is 13.1 Å². The zero-order chi connectivity index (χ0) is 22.0. The second-order valence-corrected chi connectivity index (χ2v) is 9.09. The number of benzene rings is 1. The van der Waals surface area contributed by atoms with E-state index in [1.54, 1.807) is 18.5 Å². The van der Waals surface area contributed by atoms with Crippen molar-refractivity contribution in [3.05, 3.63) is 79.3 Å². The molecule has 3 aromatic rings. The van der Waals surface area contributed by atoms with Crippen molar-refractivity contribution in [2.24, 2.45) is 5.92 Å². The van der Waals surface area contributed by atoms with Gasteiger partial charge in [0.05, 0.1) is 16.3 Å². The van der Waals surface area contributed by atoms with Crippen molar-refractivity contribution >= 4 is 22.9 Å². The minimum atomic E-state index is -0.391. The fourth-order valence-corrected chi connectivity index (χ4v) is 5.16. The van der Waals surface area contributed by atoms with Gasteiger partial charge in [-0.1, -0.05) is 30.3 Å². The maximum atomic E-state index is 13.0. The van der Waals surface area contributed by atoms with Crippen LogP contribution in [0.1, 0.15) is 45.0 Å². The SMILES string of the molecule is Cc1nn(Cc2csc(C(=O)N3CCC(Cc4ccccc4)CC3)c2)c(C)c1[N+](=O)[O-]. The van der Waals surface area contributed by atoms with Gasteiger partial charge in [-0.2, -0.15) is 5.10 Å². The second kappa shape index (κ2) is 9.01. The highest BCUT2D eigenvalue weighted by Gasteiger charge is 2.25. The first kappa shape index (κ1) is 21.2. The Morgan fingerprint density at radius 1 is 1.19 bits per heavy atom. The van der Waals surface area contributed by atoms with Crippen LogP contribution in [0.25, 0.3) is 0 Å². The van der Waals surface area contributed by atoms with Crippen LogP contribution in [0.3, 0.4) is 0 Å². The Kier molecular flexibility index (Phi) is 6.18. The zero-order valence-electron chi connectivity index (χ0n) is 17.8. The molecule has 8 heteroatoms. The van der Waals surface area contributed by atoms with E-state index < -0.39 is 4.92 Å². The summed E-state index contributed by atoms with van der Waals surface area (Å²) in [5.74, 6) is 0.695. The van der Waals surface area contributed by atoms with Gasteiger partial charge in [0.1, 0.15) is 11.4 Å². The predicted octanol–water partition coefficient (Wildman–Crippen LogP) is 4.61. The molecule has 1 amide bonds. The lowest BCUT2D eigenvalue weighted by atomic mass is 9.90. The third-order valence-corrected chi connectivity index (χ3v) is 6.96. The molecule has 0 saturated carbocycles. The predicted molar refractivity (Wildman–Crippen MR) is 121 cm³/mol. The number of piperidine rings is 1. The lowest BCUT2D eigenvalue weighted by Crippen LogP contribution is -2.38. The number of likely N-dealkylation sites (tertiary alicyclic amines) is 1. The Labute approximate surface area is 185 Å². The summed E-state index contributed by atoms with van der Waals surface area (Å²) in [6.45, 7) is 5.34. The summed E-state index contributed by atoms with van der Waals surface area (Å²) >= 11 is 1.43. The van der Waals surface area contributed by atoms with Crippen LogP contribution in [0.2, 0.25) is 0 Å². The molecular formula is C23H26N4O3S. The molecule has 0 atom stereocenters. The molecule has 162 valence electrons. The summed E-state index contributed by atoms with van der Waals surface area (Å²) in [6.07, 6.45) is 3.11. The van der Waals surface area contributed by atoms with E-state index in [-0.39, 0.29) is 11.6 Å². The highest BCUT2D eigenvalue weighted by molar-refractivity contribution is 7.12. The molecule has 1 aromatic carbocycles. The molecule has 0 unspecified atom stereocenters. The first-order valence-electron chi connectivity index (χ1n) is 10.5. The Balaban J connectivity index is 1.36. The summed E-state index contributed by atoms with van der Waals surface area (Å²) in [7, 11) is 0. The Hall–Kier alpha value is -3.00. The quantitative estimate of drug-likeness (QED) is 0.416. The number of amides is 1. The van der Waals surface area contributed by atoms with Gasteiger partial charge in [-0.3, -0.25) is 19.6 Å². The van der Waals surface area contributed by atoms with Crippen molar-refractivity contribution in [3.63, 3.8) is 0 Å². The Morgan fingerprint density at radius 2 is 1.90 bits per heavy atom. The van der Waals surface area contributed by atoms with Crippen molar-refractivity contribution in [2.45, 2.75) is 39.7 Å². The van der Waals surface area contributed by atoms with Crippen LogP contribution in [0.15, 0.2) is 41.8 Å².